The Hall–Kier alpha value is -2.20. The van der Waals surface area contributed by atoms with Gasteiger partial charge in [-0.1, -0.05) is 15.9 Å². The van der Waals surface area contributed by atoms with Crippen LogP contribution in [0.15, 0.2) is 22.7 Å². The summed E-state index contributed by atoms with van der Waals surface area (Å²) >= 11 is 3.50. The zero-order valence-corrected chi connectivity index (χ0v) is 19.0. The summed E-state index contributed by atoms with van der Waals surface area (Å²) < 4.78 is 14.2. The van der Waals surface area contributed by atoms with E-state index in [4.69, 9.17) is 10.7 Å². The monoisotopic (exact) mass is 477 g/mol. The van der Waals surface area contributed by atoms with Crippen LogP contribution in [-0.2, 0) is 6.54 Å². The molecule has 158 valence electrons. The van der Waals surface area contributed by atoms with Crippen molar-refractivity contribution in [2.45, 2.75) is 25.4 Å². The number of amides is 3. The number of pyridine rings is 1. The van der Waals surface area contributed by atoms with Gasteiger partial charge in [0.25, 0.3) is 5.82 Å². The zero-order chi connectivity index (χ0) is 22.0. The first kappa shape index (κ1) is 21.0. The average Bonchev–Trinajstić information content (AvgIpc) is 3.50. The molecule has 1 aromatic heterocycles. The van der Waals surface area contributed by atoms with E-state index in [0.29, 0.717) is 38.4 Å². The molecule has 2 aromatic rings. The largest absolute Gasteiger partial charge is 0.527 e. The van der Waals surface area contributed by atoms with Crippen molar-refractivity contribution < 1.29 is 18.5 Å². The summed E-state index contributed by atoms with van der Waals surface area (Å²) in [4.78, 5) is 31.5. The third-order valence-electron chi connectivity index (χ3n) is 5.81. The average molecular weight is 478 g/mol. The van der Waals surface area contributed by atoms with Crippen LogP contribution in [-0.4, -0.2) is 55.6 Å². The second-order valence-corrected chi connectivity index (χ2v) is 9.61. The molecule has 1 aromatic carbocycles. The maximum atomic E-state index is 14.3. The van der Waals surface area contributed by atoms with Crippen molar-refractivity contribution in [2.24, 2.45) is 5.73 Å². The number of hydrogen-bond donors (Lipinski definition) is 2. The summed E-state index contributed by atoms with van der Waals surface area (Å²) in [6.45, 7) is 0.107. The topological polar surface area (TPSA) is 85.1 Å². The number of rotatable bonds is 4. The first-order chi connectivity index (χ1) is 14.0. The van der Waals surface area contributed by atoms with Gasteiger partial charge in [0.2, 0.25) is 0 Å². The molecular formula is C21H25BrFN5O2+2. The quantitative estimate of drug-likeness (QED) is 0.657. The fourth-order valence-electron chi connectivity index (χ4n) is 4.02. The fraction of sp³-hybridized carbons (Fsp3) is 0.381. The lowest BCUT2D eigenvalue weighted by molar-refractivity contribution is -0.726. The van der Waals surface area contributed by atoms with Crippen LogP contribution in [0.4, 0.5) is 20.8 Å². The highest BCUT2D eigenvalue weighted by atomic mass is 79.9. The van der Waals surface area contributed by atoms with Crippen LogP contribution in [0, 0.1) is 5.82 Å². The van der Waals surface area contributed by atoms with Crippen LogP contribution in [0.25, 0.3) is 11.1 Å². The molecule has 2 heterocycles. The summed E-state index contributed by atoms with van der Waals surface area (Å²) in [6.07, 6.45) is 2.03. The van der Waals surface area contributed by atoms with E-state index >= 15 is 0 Å². The number of hydrogen-bond acceptors (Lipinski definition) is 5. The predicted molar refractivity (Wildman–Crippen MR) is 117 cm³/mol. The molecule has 3 amide bonds. The van der Waals surface area contributed by atoms with Gasteiger partial charge < -0.3 is 11.1 Å². The minimum absolute atomic E-state index is 0.107. The van der Waals surface area contributed by atoms with Gasteiger partial charge in [0.05, 0.1) is 28.2 Å². The maximum absolute atomic E-state index is 14.3. The van der Waals surface area contributed by atoms with Gasteiger partial charge in [0.1, 0.15) is 11.6 Å². The molecule has 0 saturated heterocycles. The van der Waals surface area contributed by atoms with Gasteiger partial charge >= 0.3 is 11.9 Å². The summed E-state index contributed by atoms with van der Waals surface area (Å²) in [7, 11) is 6.56. The molecule has 7 nitrogen and oxygen atoms in total. The Balaban J connectivity index is 2.15. The summed E-state index contributed by atoms with van der Waals surface area (Å²) in [5.41, 5.74) is 8.10. The van der Waals surface area contributed by atoms with Gasteiger partial charge in [-0.2, -0.15) is 14.3 Å². The molecule has 30 heavy (non-hydrogen) atoms. The Bertz CT molecular complexity index is 1100. The van der Waals surface area contributed by atoms with Gasteiger partial charge in [-0.05, 0) is 31.0 Å². The number of nitrogens with two attached hydrogens (primary N) is 1. The highest BCUT2D eigenvalue weighted by Crippen LogP contribution is 2.45. The molecule has 1 fully saturated rings. The number of benzene rings is 1. The summed E-state index contributed by atoms with van der Waals surface area (Å²) in [5, 5.41) is 3.38. The number of imide groups is 1. The Morgan fingerprint density at radius 3 is 2.43 bits per heavy atom. The molecule has 0 radical (unpaired) electrons. The maximum Gasteiger partial charge on any atom is 0.527 e. The Labute approximate surface area is 183 Å². The molecule has 4 rings (SSSR count). The van der Waals surface area contributed by atoms with Gasteiger partial charge in [-0.15, -0.1) is 4.48 Å². The van der Waals surface area contributed by atoms with Gasteiger partial charge in [-0.3, -0.25) is 0 Å². The SMILES string of the molecule is C[N+]1(C)C(=O)c2c(nc(NC3CC3)c(CN)c2-c2cc(F)ccc2Br)[N+](C)(C)C1=O. The lowest BCUT2D eigenvalue weighted by Gasteiger charge is -2.37. The highest BCUT2D eigenvalue weighted by molar-refractivity contribution is 9.10. The number of carbonyl (C=O) groups excluding carboxylic acids is 2. The second kappa shape index (κ2) is 6.91. The normalized spacial score (nSPS) is 19.6. The van der Waals surface area contributed by atoms with Crippen molar-refractivity contribution in [2.75, 3.05) is 33.5 Å². The van der Waals surface area contributed by atoms with E-state index in [-0.39, 0.29) is 23.1 Å². The first-order valence-electron chi connectivity index (χ1n) is 9.77. The number of aromatic nitrogens is 1. The van der Waals surface area contributed by atoms with Gasteiger partial charge in [-0.25, -0.2) is 9.18 Å². The molecule has 1 saturated carbocycles. The number of urea groups is 1. The number of quaternary nitrogens is 2. The molecule has 1 aliphatic carbocycles. The van der Waals surface area contributed by atoms with Crippen molar-refractivity contribution >= 4 is 39.5 Å². The molecule has 0 unspecified atom stereocenters. The smallest absolute Gasteiger partial charge is 0.367 e. The highest BCUT2D eigenvalue weighted by Gasteiger charge is 2.59. The molecule has 1 aliphatic heterocycles. The molecule has 2 aliphatic rings. The predicted octanol–water partition coefficient (Wildman–Crippen LogP) is 3.60. The third-order valence-corrected chi connectivity index (χ3v) is 6.50. The standard InChI is InChI=1S/C21H24BrFN5O2/c1-27(2)19-17(20(29)28(3,4)21(27)30)16(13-9-11(23)5-8-15(13)22)14(10-24)18(26-19)25-12-6-7-12/h5,8-9,12H,6-7,10,24H2,1-4H3/q+1/p+1. The number of nitrogens with zero attached hydrogens (tertiary/aromatic N) is 3. The van der Waals surface area contributed by atoms with Crippen LogP contribution in [0.5, 0.6) is 0 Å². The molecule has 3 N–H and O–H groups in total. The van der Waals surface area contributed by atoms with E-state index < -0.39 is 16.2 Å². The Morgan fingerprint density at radius 2 is 1.83 bits per heavy atom. The minimum Gasteiger partial charge on any atom is -0.367 e. The van der Waals surface area contributed by atoms with Crippen LogP contribution in [0.2, 0.25) is 0 Å². The van der Waals surface area contributed by atoms with E-state index in [9.17, 15) is 14.0 Å². The molecule has 0 spiro atoms. The minimum atomic E-state index is -0.471. The summed E-state index contributed by atoms with van der Waals surface area (Å²) in [6, 6.07) is 4.30. The van der Waals surface area contributed by atoms with Crippen molar-refractivity contribution in [3.8, 4) is 11.1 Å². The number of fused-ring (bicyclic) bond motifs is 1. The van der Waals surface area contributed by atoms with Crippen molar-refractivity contribution in [3.63, 3.8) is 0 Å². The Morgan fingerprint density at radius 1 is 1.17 bits per heavy atom. The number of anilines is 1. The first-order valence-corrected chi connectivity index (χ1v) is 10.6. The molecular weight excluding hydrogens is 453 g/mol. The lowest BCUT2D eigenvalue weighted by atomic mass is 9.92. The van der Waals surface area contributed by atoms with Crippen LogP contribution >= 0.6 is 15.9 Å². The second-order valence-electron chi connectivity index (χ2n) is 8.75. The van der Waals surface area contributed by atoms with Gasteiger partial charge in [0, 0.05) is 33.7 Å². The number of halogens is 2. The van der Waals surface area contributed by atoms with E-state index in [1.165, 1.54) is 12.1 Å². The van der Waals surface area contributed by atoms with E-state index in [0.717, 1.165) is 12.8 Å². The van der Waals surface area contributed by atoms with E-state index in [1.807, 2.05) is 0 Å². The molecule has 0 bridgehead atoms. The molecule has 0 atom stereocenters. The fourth-order valence-corrected chi connectivity index (χ4v) is 4.47. The van der Waals surface area contributed by atoms with Crippen molar-refractivity contribution in [1.82, 2.24) is 9.47 Å². The lowest BCUT2D eigenvalue weighted by Crippen LogP contribution is -2.67. The van der Waals surface area contributed by atoms with Gasteiger partial charge in [0.15, 0.2) is 5.56 Å². The van der Waals surface area contributed by atoms with Crippen molar-refractivity contribution in [3.05, 3.63) is 39.6 Å². The summed E-state index contributed by atoms with van der Waals surface area (Å²) in [5.74, 6) is 0.0666. The third kappa shape index (κ3) is 3.08. The Kier molecular flexibility index (Phi) is 4.85. The zero-order valence-electron chi connectivity index (χ0n) is 17.4. The van der Waals surface area contributed by atoms with Crippen LogP contribution < -0.4 is 15.5 Å². The van der Waals surface area contributed by atoms with Crippen LogP contribution in [0.1, 0.15) is 28.8 Å². The van der Waals surface area contributed by atoms with E-state index in [1.54, 1.807) is 34.3 Å². The van der Waals surface area contributed by atoms with Crippen molar-refractivity contribution in [1.29, 1.82) is 0 Å². The van der Waals surface area contributed by atoms with E-state index in [2.05, 4.69) is 21.2 Å². The number of nitrogens with one attached hydrogen (secondary N) is 1. The van der Waals surface area contributed by atoms with Crippen LogP contribution in [0.3, 0.4) is 0 Å². The number of carbonyl (C=O) groups is 2. The molecule has 9 heteroatoms.